The lowest BCUT2D eigenvalue weighted by atomic mass is 10.1. The van der Waals surface area contributed by atoms with Crippen molar-refractivity contribution in [2.75, 3.05) is 32.1 Å². The summed E-state index contributed by atoms with van der Waals surface area (Å²) >= 11 is 0. The van der Waals surface area contributed by atoms with E-state index in [0.717, 1.165) is 45.3 Å². The Balaban J connectivity index is 1.99. The molecule has 1 saturated heterocycles. The topological polar surface area (TPSA) is 32.8 Å². The van der Waals surface area contributed by atoms with Gasteiger partial charge in [-0.25, -0.2) is 0 Å². The summed E-state index contributed by atoms with van der Waals surface area (Å²) in [6.07, 6.45) is 6.29. The van der Waals surface area contributed by atoms with E-state index >= 15 is 0 Å². The summed E-state index contributed by atoms with van der Waals surface area (Å²) in [5.41, 5.74) is 2.36. The lowest BCUT2D eigenvalue weighted by Gasteiger charge is -2.26. The Hall–Kier alpha value is -1.55. The van der Waals surface area contributed by atoms with Gasteiger partial charge in [0, 0.05) is 45.9 Å². The van der Waals surface area contributed by atoms with E-state index in [-0.39, 0.29) is 12.0 Å². The van der Waals surface area contributed by atoms with E-state index in [2.05, 4.69) is 36.1 Å². The highest BCUT2D eigenvalue weighted by atomic mass is 16.5. The number of anilines is 1. The normalized spacial score (nSPS) is 17.0. The maximum Gasteiger partial charge on any atom is 0.222 e. The number of amides is 1. The van der Waals surface area contributed by atoms with Crippen LogP contribution >= 0.6 is 0 Å². The largest absolute Gasteiger partial charge is 0.378 e. The minimum absolute atomic E-state index is 0.209. The molecule has 2 rings (SSSR count). The van der Waals surface area contributed by atoms with Gasteiger partial charge in [0.25, 0.3) is 0 Å². The summed E-state index contributed by atoms with van der Waals surface area (Å²) in [6, 6.07) is 8.47. The third-order valence-corrected chi connectivity index (χ3v) is 4.62. The predicted octanol–water partition coefficient (Wildman–Crippen LogP) is 3.84. The first-order valence-electron chi connectivity index (χ1n) is 9.25. The molecular weight excluding hydrogens is 300 g/mol. The zero-order chi connectivity index (χ0) is 17.4. The molecule has 0 bridgehead atoms. The molecule has 0 N–H and O–H groups in total. The summed E-state index contributed by atoms with van der Waals surface area (Å²) in [5.74, 6) is 0.260. The minimum Gasteiger partial charge on any atom is -0.378 e. The zero-order valence-electron chi connectivity index (χ0n) is 15.5. The van der Waals surface area contributed by atoms with Crippen molar-refractivity contribution in [3.8, 4) is 0 Å². The molecule has 1 aromatic rings. The Morgan fingerprint density at radius 3 is 2.54 bits per heavy atom. The first-order chi connectivity index (χ1) is 11.6. The van der Waals surface area contributed by atoms with Crippen LogP contribution in [0.4, 0.5) is 5.69 Å². The highest BCUT2D eigenvalue weighted by molar-refractivity contribution is 5.76. The first-order valence-corrected chi connectivity index (χ1v) is 9.25. The van der Waals surface area contributed by atoms with Crippen LogP contribution in [-0.2, 0) is 16.1 Å². The summed E-state index contributed by atoms with van der Waals surface area (Å²) in [4.78, 5) is 16.7. The number of unbranched alkanes of at least 4 members (excludes halogenated alkanes) is 2. The maximum atomic E-state index is 12.6. The summed E-state index contributed by atoms with van der Waals surface area (Å²) in [7, 11) is 4.08. The Morgan fingerprint density at radius 1 is 1.21 bits per heavy atom. The molecule has 0 aromatic heterocycles. The van der Waals surface area contributed by atoms with E-state index in [0.29, 0.717) is 13.0 Å². The molecule has 0 saturated carbocycles. The lowest BCUT2D eigenvalue weighted by molar-refractivity contribution is -0.133. The van der Waals surface area contributed by atoms with Crippen LogP contribution in [0.2, 0.25) is 0 Å². The fourth-order valence-electron chi connectivity index (χ4n) is 3.09. The molecule has 1 atom stereocenters. The number of rotatable bonds is 9. The third-order valence-electron chi connectivity index (χ3n) is 4.62. The van der Waals surface area contributed by atoms with Crippen molar-refractivity contribution in [2.24, 2.45) is 0 Å². The standard InChI is InChI=1S/C20H32N2O2/c1-4-5-6-9-20(23)22(16-19-8-7-14-24-19)15-17-10-12-18(13-11-17)21(2)3/h10-13,19H,4-9,14-16H2,1-3H3. The molecule has 0 aliphatic carbocycles. The monoisotopic (exact) mass is 332 g/mol. The fraction of sp³-hybridized carbons (Fsp3) is 0.650. The van der Waals surface area contributed by atoms with Gasteiger partial charge in [-0.1, -0.05) is 31.9 Å². The number of ether oxygens (including phenoxy) is 1. The first kappa shape index (κ1) is 18.8. The second kappa shape index (κ2) is 9.67. The predicted molar refractivity (Wildman–Crippen MR) is 99.3 cm³/mol. The molecule has 134 valence electrons. The lowest BCUT2D eigenvalue weighted by Crippen LogP contribution is -2.36. The van der Waals surface area contributed by atoms with Crippen molar-refractivity contribution in [1.82, 2.24) is 4.90 Å². The van der Waals surface area contributed by atoms with Crippen molar-refractivity contribution in [3.05, 3.63) is 29.8 Å². The van der Waals surface area contributed by atoms with Crippen LogP contribution in [0.15, 0.2) is 24.3 Å². The van der Waals surface area contributed by atoms with Crippen LogP contribution in [0.1, 0.15) is 51.0 Å². The highest BCUT2D eigenvalue weighted by Gasteiger charge is 2.22. The fourth-order valence-corrected chi connectivity index (χ4v) is 3.09. The van der Waals surface area contributed by atoms with Gasteiger partial charge in [-0.2, -0.15) is 0 Å². The minimum atomic E-state index is 0.209. The van der Waals surface area contributed by atoms with Crippen molar-refractivity contribution >= 4 is 11.6 Å². The van der Waals surface area contributed by atoms with Gasteiger partial charge in [-0.05, 0) is 37.0 Å². The smallest absolute Gasteiger partial charge is 0.222 e. The van der Waals surface area contributed by atoms with Crippen molar-refractivity contribution in [2.45, 2.75) is 58.1 Å². The van der Waals surface area contributed by atoms with E-state index in [1.807, 2.05) is 19.0 Å². The maximum absolute atomic E-state index is 12.6. The quantitative estimate of drug-likeness (QED) is 0.644. The van der Waals surface area contributed by atoms with Crippen LogP contribution in [0.3, 0.4) is 0 Å². The van der Waals surface area contributed by atoms with Crippen molar-refractivity contribution in [3.63, 3.8) is 0 Å². The second-order valence-electron chi connectivity index (χ2n) is 6.93. The molecule has 0 radical (unpaired) electrons. The van der Waals surface area contributed by atoms with Gasteiger partial charge in [-0.3, -0.25) is 4.79 Å². The number of carbonyl (C=O) groups excluding carboxylic acids is 1. The average molecular weight is 332 g/mol. The Bertz CT molecular complexity index is 493. The van der Waals surface area contributed by atoms with Gasteiger partial charge >= 0.3 is 0 Å². The van der Waals surface area contributed by atoms with Crippen LogP contribution in [0, 0.1) is 0 Å². The number of benzene rings is 1. The van der Waals surface area contributed by atoms with Gasteiger partial charge in [-0.15, -0.1) is 0 Å². The van der Waals surface area contributed by atoms with E-state index in [1.165, 1.54) is 11.3 Å². The zero-order valence-corrected chi connectivity index (χ0v) is 15.5. The Labute approximate surface area is 146 Å². The number of nitrogens with zero attached hydrogens (tertiary/aromatic N) is 2. The Kier molecular flexibility index (Phi) is 7.57. The van der Waals surface area contributed by atoms with Gasteiger partial charge in [0.15, 0.2) is 0 Å². The molecule has 1 aromatic carbocycles. The molecule has 1 aliphatic heterocycles. The SMILES string of the molecule is CCCCCC(=O)N(Cc1ccc(N(C)C)cc1)CC1CCCO1. The van der Waals surface area contributed by atoms with E-state index < -0.39 is 0 Å². The number of hydrogen-bond acceptors (Lipinski definition) is 3. The molecular formula is C20H32N2O2. The third kappa shape index (κ3) is 5.82. The van der Waals surface area contributed by atoms with Crippen molar-refractivity contribution in [1.29, 1.82) is 0 Å². The second-order valence-corrected chi connectivity index (χ2v) is 6.93. The van der Waals surface area contributed by atoms with Gasteiger partial charge in [0.1, 0.15) is 0 Å². The number of carbonyl (C=O) groups is 1. The number of hydrogen-bond donors (Lipinski definition) is 0. The van der Waals surface area contributed by atoms with E-state index in [9.17, 15) is 4.79 Å². The molecule has 24 heavy (non-hydrogen) atoms. The van der Waals surface area contributed by atoms with Gasteiger partial charge in [0.05, 0.1) is 6.10 Å². The van der Waals surface area contributed by atoms with Crippen LogP contribution in [0.25, 0.3) is 0 Å². The van der Waals surface area contributed by atoms with Gasteiger partial charge in [0.2, 0.25) is 5.91 Å². The molecule has 1 amide bonds. The Morgan fingerprint density at radius 2 is 1.96 bits per heavy atom. The summed E-state index contributed by atoms with van der Waals surface area (Å²) < 4.78 is 5.75. The van der Waals surface area contributed by atoms with Crippen LogP contribution in [0.5, 0.6) is 0 Å². The summed E-state index contributed by atoms with van der Waals surface area (Å²) in [6.45, 7) is 4.40. The molecule has 4 nitrogen and oxygen atoms in total. The molecule has 1 unspecified atom stereocenters. The van der Waals surface area contributed by atoms with Crippen LogP contribution in [-0.4, -0.2) is 44.2 Å². The van der Waals surface area contributed by atoms with Gasteiger partial charge < -0.3 is 14.5 Å². The van der Waals surface area contributed by atoms with Crippen LogP contribution < -0.4 is 4.90 Å². The molecule has 1 fully saturated rings. The summed E-state index contributed by atoms with van der Waals surface area (Å²) in [5, 5.41) is 0. The van der Waals surface area contributed by atoms with E-state index in [1.54, 1.807) is 0 Å². The van der Waals surface area contributed by atoms with E-state index in [4.69, 9.17) is 4.74 Å². The average Bonchev–Trinajstić information content (AvgIpc) is 3.08. The molecule has 0 spiro atoms. The highest BCUT2D eigenvalue weighted by Crippen LogP contribution is 2.18. The molecule has 1 aliphatic rings. The molecule has 4 heteroatoms. The molecule has 1 heterocycles. The van der Waals surface area contributed by atoms with Crippen molar-refractivity contribution < 1.29 is 9.53 Å².